The van der Waals surface area contributed by atoms with Gasteiger partial charge >= 0.3 is 12.1 Å². The quantitative estimate of drug-likeness (QED) is 0.795. The molecule has 2 rings (SSSR count). The molecule has 5 heteroatoms. The van der Waals surface area contributed by atoms with Gasteiger partial charge in [-0.05, 0) is 12.5 Å². The third kappa shape index (κ3) is 2.35. The van der Waals surface area contributed by atoms with Crippen LogP contribution in [0.5, 0.6) is 0 Å². The summed E-state index contributed by atoms with van der Waals surface area (Å²) in [6.45, 7) is 4.32. The largest absolute Gasteiger partial charge is 0.467 e. The van der Waals surface area contributed by atoms with Crippen LogP contribution in [0, 0.1) is 5.92 Å². The molecule has 108 valence electrons. The second-order valence-corrected chi connectivity index (χ2v) is 5.19. The van der Waals surface area contributed by atoms with E-state index in [0.29, 0.717) is 6.54 Å². The standard InChI is InChI=1S/C15H19NO4/c1-11-9-16(15(11,2)13(17)19-3)14(18)20-10-12-7-5-4-6-8-12/h4-8,11H,9-10H2,1-3H3/t11-,15+/m0/s1. The van der Waals surface area contributed by atoms with Crippen LogP contribution in [0.15, 0.2) is 30.3 Å². The zero-order valence-electron chi connectivity index (χ0n) is 12.0. The van der Waals surface area contributed by atoms with Crippen LogP contribution < -0.4 is 0 Å². The Morgan fingerprint density at radius 1 is 1.35 bits per heavy atom. The molecule has 20 heavy (non-hydrogen) atoms. The second-order valence-electron chi connectivity index (χ2n) is 5.19. The Bertz CT molecular complexity index is 502. The minimum Gasteiger partial charge on any atom is -0.467 e. The Morgan fingerprint density at radius 2 is 2.00 bits per heavy atom. The summed E-state index contributed by atoms with van der Waals surface area (Å²) < 4.78 is 10.0. The van der Waals surface area contributed by atoms with E-state index >= 15 is 0 Å². The highest BCUT2D eigenvalue weighted by Gasteiger charge is 2.57. The van der Waals surface area contributed by atoms with Crippen molar-refractivity contribution < 1.29 is 19.1 Å². The molecular weight excluding hydrogens is 258 g/mol. The summed E-state index contributed by atoms with van der Waals surface area (Å²) in [7, 11) is 1.33. The van der Waals surface area contributed by atoms with Crippen LogP contribution in [0.25, 0.3) is 0 Å². The van der Waals surface area contributed by atoms with Crippen LogP contribution in [-0.2, 0) is 20.9 Å². The fraction of sp³-hybridized carbons (Fsp3) is 0.467. The van der Waals surface area contributed by atoms with Crippen LogP contribution in [-0.4, -0.2) is 36.2 Å². The van der Waals surface area contributed by atoms with Crippen LogP contribution in [0.1, 0.15) is 19.4 Å². The van der Waals surface area contributed by atoms with Gasteiger partial charge < -0.3 is 9.47 Å². The van der Waals surface area contributed by atoms with E-state index in [9.17, 15) is 9.59 Å². The van der Waals surface area contributed by atoms with E-state index in [-0.39, 0.29) is 12.5 Å². The summed E-state index contributed by atoms with van der Waals surface area (Å²) in [5.41, 5.74) is -0.0168. The third-order valence-corrected chi connectivity index (χ3v) is 4.00. The van der Waals surface area contributed by atoms with Crippen LogP contribution >= 0.6 is 0 Å². The molecule has 0 spiro atoms. The molecule has 0 radical (unpaired) electrons. The number of hydrogen-bond acceptors (Lipinski definition) is 4. The number of nitrogens with zero attached hydrogens (tertiary/aromatic N) is 1. The monoisotopic (exact) mass is 277 g/mol. The number of methoxy groups -OCH3 is 1. The van der Waals surface area contributed by atoms with Crippen molar-refractivity contribution in [3.05, 3.63) is 35.9 Å². The molecule has 1 aromatic rings. The first kappa shape index (κ1) is 14.4. The highest BCUT2D eigenvalue weighted by molar-refractivity contribution is 5.87. The molecule has 0 bridgehead atoms. The fourth-order valence-electron chi connectivity index (χ4n) is 2.37. The van der Waals surface area contributed by atoms with E-state index in [1.165, 1.54) is 12.0 Å². The van der Waals surface area contributed by atoms with Crippen molar-refractivity contribution in [3.63, 3.8) is 0 Å². The average molecular weight is 277 g/mol. The van der Waals surface area contributed by atoms with Crippen molar-refractivity contribution in [3.8, 4) is 0 Å². The molecule has 1 fully saturated rings. The van der Waals surface area contributed by atoms with Crippen molar-refractivity contribution in [1.29, 1.82) is 0 Å². The summed E-state index contributed by atoms with van der Waals surface area (Å²) in [5, 5.41) is 0. The van der Waals surface area contributed by atoms with Gasteiger partial charge in [0.25, 0.3) is 0 Å². The summed E-state index contributed by atoms with van der Waals surface area (Å²) in [5.74, 6) is -0.355. The smallest absolute Gasteiger partial charge is 0.411 e. The molecule has 0 aliphatic carbocycles. The molecule has 1 aliphatic rings. The number of ether oxygens (including phenoxy) is 2. The Morgan fingerprint density at radius 3 is 2.55 bits per heavy atom. The van der Waals surface area contributed by atoms with Gasteiger partial charge in [-0.1, -0.05) is 37.3 Å². The number of rotatable bonds is 3. The van der Waals surface area contributed by atoms with E-state index in [1.807, 2.05) is 37.3 Å². The van der Waals surface area contributed by atoms with E-state index in [1.54, 1.807) is 6.92 Å². The molecular formula is C15H19NO4. The van der Waals surface area contributed by atoms with Gasteiger partial charge in [-0.25, -0.2) is 9.59 Å². The van der Waals surface area contributed by atoms with Gasteiger partial charge in [-0.15, -0.1) is 0 Å². The first-order chi connectivity index (χ1) is 9.50. The van der Waals surface area contributed by atoms with Crippen molar-refractivity contribution >= 4 is 12.1 Å². The normalized spacial score (nSPS) is 24.8. The Hall–Kier alpha value is -2.04. The molecule has 0 saturated carbocycles. The van der Waals surface area contributed by atoms with Crippen molar-refractivity contribution in [2.75, 3.05) is 13.7 Å². The number of carbonyl (C=O) groups is 2. The lowest BCUT2D eigenvalue weighted by Gasteiger charge is -2.52. The fourth-order valence-corrected chi connectivity index (χ4v) is 2.37. The molecule has 1 amide bonds. The Kier molecular flexibility index (Phi) is 3.97. The Labute approximate surface area is 118 Å². The maximum absolute atomic E-state index is 12.1. The second kappa shape index (κ2) is 5.53. The minimum atomic E-state index is -0.928. The van der Waals surface area contributed by atoms with Crippen molar-refractivity contribution in [2.45, 2.75) is 26.0 Å². The molecule has 1 heterocycles. The van der Waals surface area contributed by atoms with Gasteiger partial charge in [0, 0.05) is 12.5 Å². The molecule has 0 N–H and O–H groups in total. The first-order valence-electron chi connectivity index (χ1n) is 6.57. The summed E-state index contributed by atoms with van der Waals surface area (Å²) >= 11 is 0. The van der Waals surface area contributed by atoms with Crippen molar-refractivity contribution in [2.24, 2.45) is 5.92 Å². The molecule has 1 aliphatic heterocycles. The van der Waals surface area contributed by atoms with Crippen LogP contribution in [0.4, 0.5) is 4.79 Å². The summed E-state index contributed by atoms with van der Waals surface area (Å²) in [6, 6.07) is 9.43. The lowest BCUT2D eigenvalue weighted by Crippen LogP contribution is -2.70. The maximum atomic E-state index is 12.1. The van der Waals surface area contributed by atoms with Crippen LogP contribution in [0.3, 0.4) is 0 Å². The lowest BCUT2D eigenvalue weighted by molar-refractivity contribution is -0.168. The molecule has 0 unspecified atom stereocenters. The van der Waals surface area contributed by atoms with Gasteiger partial charge in [0.1, 0.15) is 12.1 Å². The highest BCUT2D eigenvalue weighted by atomic mass is 16.6. The number of amides is 1. The minimum absolute atomic E-state index is 0.0548. The molecule has 1 saturated heterocycles. The topological polar surface area (TPSA) is 55.8 Å². The predicted molar refractivity (Wildman–Crippen MR) is 72.9 cm³/mol. The number of benzene rings is 1. The first-order valence-corrected chi connectivity index (χ1v) is 6.57. The van der Waals surface area contributed by atoms with Gasteiger partial charge in [0.15, 0.2) is 0 Å². The average Bonchev–Trinajstić information content (AvgIpc) is 2.49. The zero-order valence-corrected chi connectivity index (χ0v) is 12.0. The molecule has 1 aromatic carbocycles. The number of carbonyl (C=O) groups excluding carboxylic acids is 2. The van der Waals surface area contributed by atoms with Gasteiger partial charge in [0.05, 0.1) is 7.11 Å². The molecule has 2 atom stereocenters. The Balaban J connectivity index is 1.98. The number of likely N-dealkylation sites (tertiary alicyclic amines) is 1. The van der Waals surface area contributed by atoms with Gasteiger partial charge in [-0.2, -0.15) is 0 Å². The zero-order chi connectivity index (χ0) is 14.8. The predicted octanol–water partition coefficient (Wildman–Crippen LogP) is 2.21. The SMILES string of the molecule is COC(=O)[C@@]1(C)[C@@H](C)CN1C(=O)OCc1ccccc1. The summed E-state index contributed by atoms with van der Waals surface area (Å²) in [4.78, 5) is 25.3. The third-order valence-electron chi connectivity index (χ3n) is 4.00. The maximum Gasteiger partial charge on any atom is 0.411 e. The van der Waals surface area contributed by atoms with E-state index in [2.05, 4.69) is 0 Å². The molecule has 0 aromatic heterocycles. The van der Waals surface area contributed by atoms with Gasteiger partial charge in [-0.3, -0.25) is 4.90 Å². The number of hydrogen-bond donors (Lipinski definition) is 0. The van der Waals surface area contributed by atoms with E-state index < -0.39 is 17.6 Å². The van der Waals surface area contributed by atoms with Gasteiger partial charge in [0.2, 0.25) is 0 Å². The van der Waals surface area contributed by atoms with E-state index in [0.717, 1.165) is 5.56 Å². The summed E-state index contributed by atoms with van der Waals surface area (Å²) in [6.07, 6.45) is -0.486. The lowest BCUT2D eigenvalue weighted by atomic mass is 9.77. The van der Waals surface area contributed by atoms with Crippen molar-refractivity contribution in [1.82, 2.24) is 4.90 Å². The molecule has 5 nitrogen and oxygen atoms in total. The highest BCUT2D eigenvalue weighted by Crippen LogP contribution is 2.37. The van der Waals surface area contributed by atoms with E-state index in [4.69, 9.17) is 9.47 Å². The number of esters is 1. The van der Waals surface area contributed by atoms with Crippen LogP contribution in [0.2, 0.25) is 0 Å².